The van der Waals surface area contributed by atoms with Gasteiger partial charge in [-0.05, 0) is 97.7 Å². The number of unbranched alkanes of at least 4 members (excludes halogenated alkanes) is 16. The van der Waals surface area contributed by atoms with Crippen molar-refractivity contribution in [1.82, 2.24) is 0 Å². The van der Waals surface area contributed by atoms with Gasteiger partial charge in [0, 0.05) is 0 Å². The molecule has 4 aliphatic carbocycles. The summed E-state index contributed by atoms with van der Waals surface area (Å²) in [7, 11) is 0. The van der Waals surface area contributed by atoms with Crippen molar-refractivity contribution in [1.29, 1.82) is 0 Å². The number of rotatable bonds is 19. The third-order valence-corrected chi connectivity index (χ3v) is 13.9. The van der Waals surface area contributed by atoms with E-state index in [-0.39, 0.29) is 0 Å². The lowest BCUT2D eigenvalue weighted by atomic mass is 9.46. The number of allylic oxidation sites excluding steroid dienone is 2. The van der Waals surface area contributed by atoms with Crippen molar-refractivity contribution in [3.05, 3.63) is 11.6 Å². The molecule has 0 aromatic carbocycles. The molecule has 0 aromatic rings. The third kappa shape index (κ3) is 10.1. The van der Waals surface area contributed by atoms with E-state index < -0.39 is 0 Å². The summed E-state index contributed by atoms with van der Waals surface area (Å²) in [5.41, 5.74) is 3.06. The first kappa shape index (κ1) is 37.2. The lowest BCUT2D eigenvalue weighted by Gasteiger charge is -2.58. The van der Waals surface area contributed by atoms with Crippen molar-refractivity contribution < 1.29 is 0 Å². The zero-order valence-corrected chi connectivity index (χ0v) is 30.9. The SMILES string of the molecule is CC.CCCCCCCCCCCCCCCCCCC[C@@H](C)[C@H]1CC[C@H]2C3CC=C4CC(C)CCC4(C)[C@H]3CCC12C. The van der Waals surface area contributed by atoms with E-state index in [2.05, 4.69) is 40.7 Å². The lowest BCUT2D eigenvalue weighted by Crippen LogP contribution is -2.50. The fraction of sp³-hybridized carbons (Fsp3) is 0.953. The van der Waals surface area contributed by atoms with Gasteiger partial charge in [0.2, 0.25) is 0 Å². The van der Waals surface area contributed by atoms with Gasteiger partial charge in [-0.2, -0.15) is 0 Å². The van der Waals surface area contributed by atoms with E-state index in [9.17, 15) is 0 Å². The molecule has 0 heteroatoms. The highest BCUT2D eigenvalue weighted by Crippen LogP contribution is 2.67. The van der Waals surface area contributed by atoms with Gasteiger partial charge in [0.05, 0.1) is 0 Å². The van der Waals surface area contributed by atoms with Crippen LogP contribution in [-0.2, 0) is 0 Å². The maximum atomic E-state index is 2.77. The summed E-state index contributed by atoms with van der Waals surface area (Å²) in [6.45, 7) is 16.9. The quantitative estimate of drug-likeness (QED) is 0.103. The van der Waals surface area contributed by atoms with Crippen LogP contribution in [0.4, 0.5) is 0 Å². The Hall–Kier alpha value is -0.260. The Morgan fingerprint density at radius 3 is 1.77 bits per heavy atom. The van der Waals surface area contributed by atoms with Gasteiger partial charge in [-0.25, -0.2) is 0 Å². The summed E-state index contributed by atoms with van der Waals surface area (Å²) in [6, 6.07) is 0. The molecule has 0 saturated heterocycles. The van der Waals surface area contributed by atoms with Crippen molar-refractivity contribution in [2.75, 3.05) is 0 Å². The first-order chi connectivity index (χ1) is 20.9. The smallest absolute Gasteiger partial charge is 0.00851 e. The molecule has 0 N–H and O–H groups in total. The fourth-order valence-corrected chi connectivity index (χ4v) is 11.2. The average Bonchev–Trinajstić information content (AvgIpc) is 3.37. The fourth-order valence-electron chi connectivity index (χ4n) is 11.2. The highest BCUT2D eigenvalue weighted by molar-refractivity contribution is 5.25. The van der Waals surface area contributed by atoms with Crippen LogP contribution in [0.3, 0.4) is 0 Å². The van der Waals surface area contributed by atoms with E-state index in [1.165, 1.54) is 161 Å². The summed E-state index contributed by atoms with van der Waals surface area (Å²) in [4.78, 5) is 0. The van der Waals surface area contributed by atoms with Crippen LogP contribution in [0.5, 0.6) is 0 Å². The summed E-state index contributed by atoms with van der Waals surface area (Å²) < 4.78 is 0. The van der Waals surface area contributed by atoms with E-state index >= 15 is 0 Å². The molecule has 252 valence electrons. The molecular formula is C43H80. The molecular weight excluding hydrogens is 516 g/mol. The van der Waals surface area contributed by atoms with Gasteiger partial charge in [-0.3, -0.25) is 0 Å². The molecule has 4 aliphatic rings. The van der Waals surface area contributed by atoms with E-state index in [0.717, 1.165) is 35.5 Å². The van der Waals surface area contributed by atoms with E-state index in [0.29, 0.717) is 10.8 Å². The second-order valence-electron chi connectivity index (χ2n) is 16.8. The Labute approximate surface area is 272 Å². The zero-order chi connectivity index (χ0) is 31.1. The first-order valence-electron chi connectivity index (χ1n) is 20.6. The zero-order valence-electron chi connectivity index (χ0n) is 30.9. The van der Waals surface area contributed by atoms with Crippen LogP contribution in [0.2, 0.25) is 0 Å². The highest BCUT2D eigenvalue weighted by Gasteiger charge is 2.58. The molecule has 0 aliphatic heterocycles. The van der Waals surface area contributed by atoms with Crippen molar-refractivity contribution in [2.45, 2.75) is 215 Å². The largest absolute Gasteiger partial charge is 0.0845 e. The molecule has 0 amide bonds. The highest BCUT2D eigenvalue weighted by atomic mass is 14.6. The molecule has 4 rings (SSSR count). The Balaban J connectivity index is 0.00000248. The minimum atomic E-state index is 0.549. The Bertz CT molecular complexity index is 762. The summed E-state index contributed by atoms with van der Waals surface area (Å²) >= 11 is 0. The normalized spacial score (nSPS) is 33.9. The van der Waals surface area contributed by atoms with E-state index in [4.69, 9.17) is 0 Å². The molecule has 0 spiro atoms. The Morgan fingerprint density at radius 1 is 0.674 bits per heavy atom. The number of hydrogen-bond acceptors (Lipinski definition) is 0. The molecule has 3 saturated carbocycles. The second-order valence-corrected chi connectivity index (χ2v) is 16.8. The topological polar surface area (TPSA) is 0 Å². The van der Waals surface area contributed by atoms with Crippen LogP contribution in [0.15, 0.2) is 11.6 Å². The average molecular weight is 597 g/mol. The predicted molar refractivity (Wildman–Crippen MR) is 194 cm³/mol. The molecule has 3 fully saturated rings. The molecule has 8 atom stereocenters. The predicted octanol–water partition coefficient (Wildman–Crippen LogP) is 14.9. The summed E-state index contributed by atoms with van der Waals surface area (Å²) in [5, 5.41) is 0. The standard InChI is InChI=1S/C41H74.C2H6/c1-6-7-8-9-10-11-12-13-14-15-16-17-18-19-20-21-22-23-34(3)37-26-27-38-36-25-24-35-32-33(2)28-30-40(35,4)39(36)29-31-41(37,38)5;1-2/h24,33-34,36-39H,6-23,25-32H2,1-5H3;1-2H3/t33?,34-,36?,37-,38+,39+,40?,41?;/m1./s1. The van der Waals surface area contributed by atoms with Crippen molar-refractivity contribution in [3.63, 3.8) is 0 Å². The molecule has 4 unspecified atom stereocenters. The van der Waals surface area contributed by atoms with E-state index in [1.807, 2.05) is 19.4 Å². The van der Waals surface area contributed by atoms with Gasteiger partial charge in [0.25, 0.3) is 0 Å². The van der Waals surface area contributed by atoms with Crippen LogP contribution in [0, 0.1) is 46.3 Å². The molecule has 0 radical (unpaired) electrons. The maximum Gasteiger partial charge on any atom is -0.00851 e. The van der Waals surface area contributed by atoms with Crippen molar-refractivity contribution in [2.24, 2.45) is 46.3 Å². The Kier molecular flexibility index (Phi) is 16.8. The minimum absolute atomic E-state index is 0.549. The molecule has 0 heterocycles. The summed E-state index contributed by atoms with van der Waals surface area (Å²) in [5.74, 6) is 5.86. The van der Waals surface area contributed by atoms with Gasteiger partial charge in [-0.1, -0.05) is 176 Å². The van der Waals surface area contributed by atoms with Gasteiger partial charge in [-0.15, -0.1) is 0 Å². The molecule has 0 nitrogen and oxygen atoms in total. The van der Waals surface area contributed by atoms with Crippen LogP contribution >= 0.6 is 0 Å². The van der Waals surface area contributed by atoms with Gasteiger partial charge >= 0.3 is 0 Å². The summed E-state index contributed by atoms with van der Waals surface area (Å²) in [6.07, 6.45) is 41.3. The number of fused-ring (bicyclic) bond motifs is 5. The maximum absolute atomic E-state index is 2.77. The first-order valence-corrected chi connectivity index (χ1v) is 20.6. The Morgan fingerprint density at radius 2 is 1.21 bits per heavy atom. The second kappa shape index (κ2) is 19.4. The molecule has 43 heavy (non-hydrogen) atoms. The van der Waals surface area contributed by atoms with Gasteiger partial charge < -0.3 is 0 Å². The van der Waals surface area contributed by atoms with Crippen LogP contribution in [0.25, 0.3) is 0 Å². The minimum Gasteiger partial charge on any atom is -0.0845 e. The monoisotopic (exact) mass is 597 g/mol. The molecule has 0 bridgehead atoms. The van der Waals surface area contributed by atoms with Crippen LogP contribution < -0.4 is 0 Å². The van der Waals surface area contributed by atoms with Crippen LogP contribution in [0.1, 0.15) is 215 Å². The van der Waals surface area contributed by atoms with Gasteiger partial charge in [0.15, 0.2) is 0 Å². The molecule has 0 aromatic heterocycles. The third-order valence-electron chi connectivity index (χ3n) is 13.9. The van der Waals surface area contributed by atoms with E-state index in [1.54, 1.807) is 6.42 Å². The van der Waals surface area contributed by atoms with Gasteiger partial charge in [0.1, 0.15) is 0 Å². The lowest BCUT2D eigenvalue weighted by molar-refractivity contribution is -0.0522. The van der Waals surface area contributed by atoms with Crippen molar-refractivity contribution >= 4 is 0 Å². The number of hydrogen-bond donors (Lipinski definition) is 0. The van der Waals surface area contributed by atoms with Crippen molar-refractivity contribution in [3.8, 4) is 0 Å². The van der Waals surface area contributed by atoms with Crippen LogP contribution in [-0.4, -0.2) is 0 Å².